The summed E-state index contributed by atoms with van der Waals surface area (Å²) in [6.07, 6.45) is 1.70. The predicted molar refractivity (Wildman–Crippen MR) is 89.8 cm³/mol. The number of nitrogens with zero attached hydrogens (tertiary/aromatic N) is 3. The number of hydrogen-bond acceptors (Lipinski definition) is 6. The van der Waals surface area contributed by atoms with Gasteiger partial charge >= 0.3 is 0 Å². The van der Waals surface area contributed by atoms with Crippen LogP contribution in [0.2, 0.25) is 0 Å². The molecule has 0 aliphatic carbocycles. The molecule has 1 aromatic carbocycles. The highest BCUT2D eigenvalue weighted by molar-refractivity contribution is 5.49. The fraction of sp³-hybridized carbons (Fsp3) is 0.235. The number of pyridine rings is 1. The lowest BCUT2D eigenvalue weighted by atomic mass is 10.1. The molecule has 3 aromatic rings. The molecule has 0 saturated heterocycles. The van der Waals surface area contributed by atoms with Crippen LogP contribution in [-0.2, 0) is 0 Å². The van der Waals surface area contributed by atoms with Crippen LogP contribution in [0.4, 0.5) is 0 Å². The molecule has 7 nitrogen and oxygen atoms in total. The zero-order valence-electron chi connectivity index (χ0n) is 13.6. The Hall–Kier alpha value is -2.93. The minimum Gasteiger partial charge on any atom is -0.493 e. The Bertz CT molecular complexity index is 804. The lowest BCUT2D eigenvalue weighted by molar-refractivity contribution is 0.310. The lowest BCUT2D eigenvalue weighted by Gasteiger charge is -2.14. The van der Waals surface area contributed by atoms with Crippen LogP contribution in [0.1, 0.15) is 24.4 Å². The van der Waals surface area contributed by atoms with Gasteiger partial charge in [-0.1, -0.05) is 12.1 Å². The van der Waals surface area contributed by atoms with Crippen molar-refractivity contribution in [1.29, 1.82) is 0 Å². The van der Waals surface area contributed by atoms with Crippen LogP contribution < -0.4 is 15.2 Å². The van der Waals surface area contributed by atoms with Gasteiger partial charge in [-0.2, -0.15) is 5.10 Å². The minimum atomic E-state index is -0.458. The molecule has 0 aliphatic rings. The predicted octanol–water partition coefficient (Wildman–Crippen LogP) is 2.32. The lowest BCUT2D eigenvalue weighted by Crippen LogP contribution is -2.14. The summed E-state index contributed by atoms with van der Waals surface area (Å²) in [6.45, 7) is 2.46. The molecule has 0 fully saturated rings. The third kappa shape index (κ3) is 3.21. The summed E-state index contributed by atoms with van der Waals surface area (Å²) < 4.78 is 10.9. The molecular weight excluding hydrogens is 306 g/mol. The van der Waals surface area contributed by atoms with Crippen LogP contribution in [0.15, 0.2) is 42.6 Å². The zero-order valence-corrected chi connectivity index (χ0v) is 13.6. The number of rotatable bonds is 6. The van der Waals surface area contributed by atoms with E-state index in [1.807, 2.05) is 43.3 Å². The topological polar surface area (TPSA) is 98.9 Å². The summed E-state index contributed by atoms with van der Waals surface area (Å²) in [5.74, 6) is 2.39. The first-order chi connectivity index (χ1) is 11.7. The molecular formula is C17H19N5O2. The molecule has 0 bridgehead atoms. The van der Waals surface area contributed by atoms with Crippen LogP contribution in [0.5, 0.6) is 11.5 Å². The summed E-state index contributed by atoms with van der Waals surface area (Å²) in [7, 11) is 1.60. The Labute approximate surface area is 139 Å². The normalized spacial score (nSPS) is 12.0. The fourth-order valence-corrected chi connectivity index (χ4v) is 2.34. The van der Waals surface area contributed by atoms with E-state index >= 15 is 0 Å². The Morgan fingerprint density at radius 3 is 2.79 bits per heavy atom. The standard InChI is InChI=1S/C17H19N5O2/c1-3-24-14-10-11(7-8-13(14)23-2)15(18)17-20-16(21-22-17)12-6-4-5-9-19-12/h4-10,15H,3,18H2,1-2H3,(H,20,21,22). The van der Waals surface area contributed by atoms with Gasteiger partial charge in [0.05, 0.1) is 19.8 Å². The highest BCUT2D eigenvalue weighted by Gasteiger charge is 2.17. The number of H-pyrrole nitrogens is 1. The van der Waals surface area contributed by atoms with Crippen LogP contribution in [0.25, 0.3) is 11.5 Å². The number of benzene rings is 1. The monoisotopic (exact) mass is 325 g/mol. The molecule has 1 unspecified atom stereocenters. The van der Waals surface area contributed by atoms with Crippen molar-refractivity contribution in [3.8, 4) is 23.0 Å². The summed E-state index contributed by atoms with van der Waals surface area (Å²) in [6, 6.07) is 10.7. The van der Waals surface area contributed by atoms with Crippen molar-refractivity contribution in [3.63, 3.8) is 0 Å². The first kappa shape index (κ1) is 15.9. The molecule has 124 valence electrons. The van der Waals surface area contributed by atoms with Gasteiger partial charge in [-0.15, -0.1) is 0 Å². The van der Waals surface area contributed by atoms with Gasteiger partial charge in [-0.25, -0.2) is 4.98 Å². The molecule has 2 heterocycles. The molecule has 0 aliphatic heterocycles. The number of aromatic amines is 1. The van der Waals surface area contributed by atoms with Crippen molar-refractivity contribution >= 4 is 0 Å². The molecule has 0 saturated carbocycles. The molecule has 1 atom stereocenters. The molecule has 0 radical (unpaired) electrons. The SMILES string of the molecule is CCOc1cc(C(N)c2nc(-c3ccccn3)n[nH]2)ccc1OC. The minimum absolute atomic E-state index is 0.458. The average Bonchev–Trinajstić information content (AvgIpc) is 3.12. The number of nitrogens with two attached hydrogens (primary N) is 1. The quantitative estimate of drug-likeness (QED) is 0.721. The van der Waals surface area contributed by atoms with E-state index < -0.39 is 6.04 Å². The first-order valence-corrected chi connectivity index (χ1v) is 7.63. The zero-order chi connectivity index (χ0) is 16.9. The van der Waals surface area contributed by atoms with Crippen molar-refractivity contribution < 1.29 is 9.47 Å². The molecule has 24 heavy (non-hydrogen) atoms. The number of nitrogens with one attached hydrogen (secondary N) is 1. The van der Waals surface area contributed by atoms with E-state index in [9.17, 15) is 0 Å². The third-order valence-corrected chi connectivity index (χ3v) is 3.54. The Kier molecular flexibility index (Phi) is 4.72. The van der Waals surface area contributed by atoms with Gasteiger partial charge in [0.2, 0.25) is 0 Å². The maximum absolute atomic E-state index is 6.31. The summed E-state index contributed by atoms with van der Waals surface area (Å²) in [5, 5.41) is 7.08. The van der Waals surface area contributed by atoms with Crippen molar-refractivity contribution in [2.24, 2.45) is 5.73 Å². The van der Waals surface area contributed by atoms with Crippen LogP contribution >= 0.6 is 0 Å². The van der Waals surface area contributed by atoms with E-state index in [2.05, 4.69) is 20.2 Å². The van der Waals surface area contributed by atoms with Crippen molar-refractivity contribution in [2.45, 2.75) is 13.0 Å². The van der Waals surface area contributed by atoms with E-state index in [-0.39, 0.29) is 0 Å². The van der Waals surface area contributed by atoms with Gasteiger partial charge < -0.3 is 15.2 Å². The maximum Gasteiger partial charge on any atom is 0.199 e. The smallest absolute Gasteiger partial charge is 0.199 e. The highest BCUT2D eigenvalue weighted by atomic mass is 16.5. The van der Waals surface area contributed by atoms with Gasteiger partial charge in [-0.05, 0) is 36.8 Å². The molecule has 3 rings (SSSR count). The molecule has 3 N–H and O–H groups in total. The van der Waals surface area contributed by atoms with Gasteiger partial charge in [-0.3, -0.25) is 10.1 Å². The van der Waals surface area contributed by atoms with Crippen LogP contribution in [0.3, 0.4) is 0 Å². The van der Waals surface area contributed by atoms with Crippen molar-refractivity contribution in [3.05, 3.63) is 54.0 Å². The van der Waals surface area contributed by atoms with E-state index in [4.69, 9.17) is 15.2 Å². The largest absolute Gasteiger partial charge is 0.493 e. The number of methoxy groups -OCH3 is 1. The van der Waals surface area contributed by atoms with E-state index in [1.54, 1.807) is 13.3 Å². The fourth-order valence-electron chi connectivity index (χ4n) is 2.34. The van der Waals surface area contributed by atoms with Crippen molar-refractivity contribution in [2.75, 3.05) is 13.7 Å². The second-order valence-electron chi connectivity index (χ2n) is 5.08. The van der Waals surface area contributed by atoms with Gasteiger partial charge in [0.25, 0.3) is 0 Å². The van der Waals surface area contributed by atoms with Crippen LogP contribution in [-0.4, -0.2) is 33.9 Å². The van der Waals surface area contributed by atoms with Crippen molar-refractivity contribution in [1.82, 2.24) is 20.2 Å². The summed E-state index contributed by atoms with van der Waals surface area (Å²) in [4.78, 5) is 8.68. The Balaban J connectivity index is 1.88. The molecule has 0 spiro atoms. The molecule has 2 aromatic heterocycles. The highest BCUT2D eigenvalue weighted by Crippen LogP contribution is 2.31. The number of aromatic nitrogens is 4. The number of ether oxygens (including phenoxy) is 2. The molecule has 0 amide bonds. The van der Waals surface area contributed by atoms with E-state index in [0.29, 0.717) is 35.4 Å². The Morgan fingerprint density at radius 1 is 1.21 bits per heavy atom. The summed E-state index contributed by atoms with van der Waals surface area (Å²) >= 11 is 0. The van der Waals surface area contributed by atoms with Gasteiger partial charge in [0.1, 0.15) is 11.5 Å². The Morgan fingerprint density at radius 2 is 2.08 bits per heavy atom. The average molecular weight is 325 g/mol. The molecule has 7 heteroatoms. The van der Waals surface area contributed by atoms with Crippen LogP contribution in [0, 0.1) is 0 Å². The first-order valence-electron chi connectivity index (χ1n) is 7.63. The van der Waals surface area contributed by atoms with E-state index in [1.165, 1.54) is 0 Å². The van der Waals surface area contributed by atoms with Gasteiger partial charge in [0.15, 0.2) is 17.3 Å². The maximum atomic E-state index is 6.31. The second-order valence-corrected chi connectivity index (χ2v) is 5.08. The number of hydrogen-bond donors (Lipinski definition) is 2. The summed E-state index contributed by atoms with van der Waals surface area (Å²) in [5.41, 5.74) is 7.86. The van der Waals surface area contributed by atoms with Gasteiger partial charge in [0, 0.05) is 6.20 Å². The third-order valence-electron chi connectivity index (χ3n) is 3.54. The van der Waals surface area contributed by atoms with E-state index in [0.717, 1.165) is 5.56 Å². The second kappa shape index (κ2) is 7.10.